The van der Waals surface area contributed by atoms with Crippen LogP contribution >= 0.6 is 0 Å². The Balaban J connectivity index is 2.13. The summed E-state index contributed by atoms with van der Waals surface area (Å²) in [5.74, 6) is -1.23. The number of nitrogens with one attached hydrogen (secondary N) is 1. The van der Waals surface area contributed by atoms with Gasteiger partial charge in [-0.3, -0.25) is 14.5 Å². The van der Waals surface area contributed by atoms with Crippen LogP contribution in [0.25, 0.3) is 0 Å². The van der Waals surface area contributed by atoms with Crippen molar-refractivity contribution in [2.24, 2.45) is 0 Å². The van der Waals surface area contributed by atoms with Crippen LogP contribution in [0.4, 0.5) is 0 Å². The summed E-state index contributed by atoms with van der Waals surface area (Å²) in [6.07, 6.45) is 0.189. The van der Waals surface area contributed by atoms with Gasteiger partial charge in [0, 0.05) is 19.1 Å². The molecule has 0 aliphatic carbocycles. The van der Waals surface area contributed by atoms with E-state index in [4.69, 9.17) is 5.11 Å². The molecule has 0 saturated carbocycles. The lowest BCUT2D eigenvalue weighted by molar-refractivity contribution is -0.143. The molecule has 2 rings (SSSR count). The minimum atomic E-state index is -3.03. The Labute approximate surface area is 105 Å². The van der Waals surface area contributed by atoms with Crippen LogP contribution in [0, 0.1) is 0 Å². The Hall–Kier alpha value is -1.15. The first kappa shape index (κ1) is 13.3. The number of carboxylic acids is 1. The SMILES string of the molecule is O=C(O)CC1C(=O)NCCN1C1CCS(=O)(=O)C1. The molecule has 102 valence electrons. The molecular formula is C10H16N2O5S. The second kappa shape index (κ2) is 4.85. The average Bonchev–Trinajstić information content (AvgIpc) is 2.61. The zero-order valence-corrected chi connectivity index (χ0v) is 10.6. The van der Waals surface area contributed by atoms with Crippen molar-refractivity contribution in [1.82, 2.24) is 10.2 Å². The second-order valence-corrected chi connectivity index (χ2v) is 6.93. The number of carboxylic acid groups (broad SMARTS) is 1. The Morgan fingerprint density at radius 3 is 2.78 bits per heavy atom. The van der Waals surface area contributed by atoms with Crippen LogP contribution in [0.3, 0.4) is 0 Å². The number of hydrogen-bond donors (Lipinski definition) is 2. The van der Waals surface area contributed by atoms with E-state index in [0.717, 1.165) is 0 Å². The van der Waals surface area contributed by atoms with E-state index in [-0.39, 0.29) is 29.9 Å². The summed E-state index contributed by atoms with van der Waals surface area (Å²) in [6.45, 7) is 0.940. The largest absolute Gasteiger partial charge is 0.481 e. The molecule has 0 radical (unpaired) electrons. The molecule has 2 aliphatic heterocycles. The summed E-state index contributed by atoms with van der Waals surface area (Å²) in [6, 6.07) is -0.986. The molecule has 2 aliphatic rings. The molecule has 0 aromatic heterocycles. The maximum atomic E-state index is 11.7. The van der Waals surface area contributed by atoms with Gasteiger partial charge < -0.3 is 10.4 Å². The van der Waals surface area contributed by atoms with Gasteiger partial charge in [0.15, 0.2) is 9.84 Å². The van der Waals surface area contributed by atoms with Crippen LogP contribution in [0.5, 0.6) is 0 Å². The quantitative estimate of drug-likeness (QED) is 0.646. The lowest BCUT2D eigenvalue weighted by atomic mass is 10.1. The summed E-state index contributed by atoms with van der Waals surface area (Å²) >= 11 is 0. The third-order valence-corrected chi connectivity index (χ3v) is 5.17. The summed E-state index contributed by atoms with van der Waals surface area (Å²) in [7, 11) is -3.03. The van der Waals surface area contributed by atoms with Crippen LogP contribution < -0.4 is 5.32 Å². The van der Waals surface area contributed by atoms with Gasteiger partial charge in [0.2, 0.25) is 5.91 Å². The molecule has 2 atom stereocenters. The van der Waals surface area contributed by atoms with Crippen LogP contribution in [-0.4, -0.2) is 67.0 Å². The van der Waals surface area contributed by atoms with E-state index in [2.05, 4.69) is 5.32 Å². The third kappa shape index (κ3) is 2.81. The van der Waals surface area contributed by atoms with E-state index in [1.807, 2.05) is 0 Å². The molecule has 0 aromatic carbocycles. The molecule has 0 aromatic rings. The van der Waals surface area contributed by atoms with Gasteiger partial charge in [-0.15, -0.1) is 0 Å². The molecular weight excluding hydrogens is 260 g/mol. The van der Waals surface area contributed by atoms with Crippen molar-refractivity contribution in [3.8, 4) is 0 Å². The van der Waals surface area contributed by atoms with Crippen LogP contribution in [0.1, 0.15) is 12.8 Å². The Bertz CT molecular complexity index is 461. The monoisotopic (exact) mass is 276 g/mol. The normalized spacial score (nSPS) is 32.1. The number of nitrogens with zero attached hydrogens (tertiary/aromatic N) is 1. The van der Waals surface area contributed by atoms with Crippen molar-refractivity contribution in [2.75, 3.05) is 24.6 Å². The highest BCUT2D eigenvalue weighted by Gasteiger charge is 2.40. The Morgan fingerprint density at radius 2 is 2.22 bits per heavy atom. The summed E-state index contributed by atoms with van der Waals surface area (Å²) in [4.78, 5) is 24.2. The standard InChI is InChI=1S/C10H16N2O5S/c13-9(14)5-8-10(15)11-2-3-12(8)7-1-4-18(16,17)6-7/h7-8H,1-6H2,(H,11,15)(H,13,14). The van der Waals surface area contributed by atoms with E-state index in [0.29, 0.717) is 19.5 Å². The first-order valence-electron chi connectivity index (χ1n) is 5.85. The maximum absolute atomic E-state index is 11.7. The van der Waals surface area contributed by atoms with E-state index in [1.165, 1.54) is 0 Å². The fraction of sp³-hybridized carbons (Fsp3) is 0.800. The van der Waals surface area contributed by atoms with Gasteiger partial charge in [0.25, 0.3) is 0 Å². The van der Waals surface area contributed by atoms with Gasteiger partial charge in [-0.2, -0.15) is 0 Å². The van der Waals surface area contributed by atoms with Crippen molar-refractivity contribution >= 4 is 21.7 Å². The topological polar surface area (TPSA) is 104 Å². The first-order valence-corrected chi connectivity index (χ1v) is 7.67. The molecule has 2 fully saturated rings. The number of piperazine rings is 1. The Kier molecular flexibility index (Phi) is 3.58. The zero-order valence-electron chi connectivity index (χ0n) is 9.83. The van der Waals surface area contributed by atoms with Gasteiger partial charge in [-0.1, -0.05) is 0 Å². The summed E-state index contributed by atoms with van der Waals surface area (Å²) in [5, 5.41) is 11.4. The smallest absolute Gasteiger partial charge is 0.305 e. The molecule has 18 heavy (non-hydrogen) atoms. The van der Waals surface area contributed by atoms with Gasteiger partial charge in [-0.05, 0) is 6.42 Å². The molecule has 7 nitrogen and oxygen atoms in total. The number of rotatable bonds is 3. The van der Waals surface area contributed by atoms with Gasteiger partial charge in [0.05, 0.1) is 24.0 Å². The fourth-order valence-electron chi connectivity index (χ4n) is 2.58. The fourth-order valence-corrected chi connectivity index (χ4v) is 4.32. The van der Waals surface area contributed by atoms with Crippen molar-refractivity contribution in [2.45, 2.75) is 24.9 Å². The number of hydrogen-bond acceptors (Lipinski definition) is 5. The van der Waals surface area contributed by atoms with Crippen LogP contribution in [-0.2, 0) is 19.4 Å². The highest BCUT2D eigenvalue weighted by Crippen LogP contribution is 2.22. The number of amides is 1. The number of carbonyl (C=O) groups is 2. The van der Waals surface area contributed by atoms with Gasteiger partial charge in [-0.25, -0.2) is 8.42 Å². The van der Waals surface area contributed by atoms with Crippen molar-refractivity contribution < 1.29 is 23.1 Å². The van der Waals surface area contributed by atoms with Crippen LogP contribution in [0.15, 0.2) is 0 Å². The molecule has 0 spiro atoms. The van der Waals surface area contributed by atoms with E-state index in [9.17, 15) is 18.0 Å². The number of sulfone groups is 1. The minimum Gasteiger partial charge on any atom is -0.481 e. The summed E-state index contributed by atoms with van der Waals surface area (Å²) in [5.41, 5.74) is 0. The summed E-state index contributed by atoms with van der Waals surface area (Å²) < 4.78 is 22.9. The molecule has 2 unspecified atom stereocenters. The van der Waals surface area contributed by atoms with Gasteiger partial charge in [0.1, 0.15) is 0 Å². The number of carbonyl (C=O) groups excluding carboxylic acids is 1. The predicted octanol–water partition coefficient (Wildman–Crippen LogP) is -1.55. The Morgan fingerprint density at radius 1 is 1.50 bits per heavy atom. The third-order valence-electron chi connectivity index (χ3n) is 3.42. The molecule has 1 amide bonds. The van der Waals surface area contributed by atoms with Gasteiger partial charge >= 0.3 is 5.97 Å². The zero-order chi connectivity index (χ0) is 13.3. The molecule has 2 saturated heterocycles. The lowest BCUT2D eigenvalue weighted by Crippen LogP contribution is -2.59. The van der Waals surface area contributed by atoms with E-state index in [1.54, 1.807) is 4.90 Å². The average molecular weight is 276 g/mol. The highest BCUT2D eigenvalue weighted by molar-refractivity contribution is 7.91. The van der Waals surface area contributed by atoms with Crippen LogP contribution in [0.2, 0.25) is 0 Å². The maximum Gasteiger partial charge on any atom is 0.305 e. The van der Waals surface area contributed by atoms with Crippen molar-refractivity contribution in [3.63, 3.8) is 0 Å². The van der Waals surface area contributed by atoms with E-state index < -0.39 is 21.8 Å². The molecule has 2 N–H and O–H groups in total. The predicted molar refractivity (Wildman–Crippen MR) is 62.8 cm³/mol. The van der Waals surface area contributed by atoms with Crippen molar-refractivity contribution in [3.05, 3.63) is 0 Å². The molecule has 8 heteroatoms. The van der Waals surface area contributed by atoms with E-state index >= 15 is 0 Å². The second-order valence-electron chi connectivity index (χ2n) is 4.70. The lowest BCUT2D eigenvalue weighted by Gasteiger charge is -2.37. The molecule has 2 heterocycles. The highest BCUT2D eigenvalue weighted by atomic mass is 32.2. The minimum absolute atomic E-state index is 0.0242. The first-order chi connectivity index (χ1) is 8.39. The van der Waals surface area contributed by atoms with Crippen molar-refractivity contribution in [1.29, 1.82) is 0 Å². The number of aliphatic carboxylic acids is 1. The molecule has 0 bridgehead atoms.